The minimum Gasteiger partial charge on any atom is -0.354 e. The molecule has 1 aliphatic carbocycles. The Morgan fingerprint density at radius 2 is 1.92 bits per heavy atom. The molecular formula is C18H28ClN3O3S. The fraction of sp³-hybridized carbons (Fsp3) is 0.611. The summed E-state index contributed by atoms with van der Waals surface area (Å²) in [6, 6.07) is 5.71. The summed E-state index contributed by atoms with van der Waals surface area (Å²) in [6.07, 6.45) is 6.61. The Bertz CT molecular complexity index is 718. The third-order valence-electron chi connectivity index (χ3n) is 4.98. The number of fused-ring (bicyclic) bond motifs is 1. The normalized spacial score (nSPS) is 19.5. The van der Waals surface area contributed by atoms with Crippen LogP contribution in [-0.2, 0) is 27.7 Å². The summed E-state index contributed by atoms with van der Waals surface area (Å²) in [7, 11) is -3.56. The van der Waals surface area contributed by atoms with E-state index in [0.717, 1.165) is 44.2 Å². The van der Waals surface area contributed by atoms with Gasteiger partial charge in [-0.1, -0.05) is 6.07 Å². The lowest BCUT2D eigenvalue weighted by molar-refractivity contribution is -0.121. The smallest absolute Gasteiger partial charge is 0.240 e. The number of halogens is 1. The molecule has 0 saturated carbocycles. The summed E-state index contributed by atoms with van der Waals surface area (Å²) in [5, 5.41) is 6.17. The second-order valence-corrected chi connectivity index (χ2v) is 8.65. The van der Waals surface area contributed by atoms with Crippen LogP contribution in [0.5, 0.6) is 0 Å². The molecule has 3 N–H and O–H groups in total. The lowest BCUT2D eigenvalue weighted by Crippen LogP contribution is -2.38. The van der Waals surface area contributed by atoms with Gasteiger partial charge in [-0.15, -0.1) is 12.4 Å². The highest BCUT2D eigenvalue weighted by molar-refractivity contribution is 7.89. The first kappa shape index (κ1) is 21.2. The van der Waals surface area contributed by atoms with Gasteiger partial charge in [0.1, 0.15) is 0 Å². The number of benzene rings is 1. The predicted octanol–water partition coefficient (Wildman–Crippen LogP) is 1.52. The van der Waals surface area contributed by atoms with E-state index in [0.29, 0.717) is 17.5 Å². The van der Waals surface area contributed by atoms with Gasteiger partial charge in [0.25, 0.3) is 0 Å². The van der Waals surface area contributed by atoms with Gasteiger partial charge >= 0.3 is 0 Å². The molecule has 0 radical (unpaired) electrons. The molecule has 0 aromatic heterocycles. The molecule has 1 heterocycles. The van der Waals surface area contributed by atoms with Crippen LogP contribution in [0.3, 0.4) is 0 Å². The number of rotatable bonds is 7. The van der Waals surface area contributed by atoms with E-state index in [4.69, 9.17) is 0 Å². The Balaban J connectivity index is 0.00000243. The van der Waals surface area contributed by atoms with E-state index >= 15 is 0 Å². The minimum absolute atomic E-state index is 0. The number of nitrogens with one attached hydrogen (secondary N) is 3. The average Bonchev–Trinajstić information content (AvgIpc) is 3.13. The van der Waals surface area contributed by atoms with E-state index in [1.807, 2.05) is 6.07 Å². The van der Waals surface area contributed by atoms with Crippen molar-refractivity contribution < 1.29 is 13.2 Å². The zero-order chi connectivity index (χ0) is 17.7. The zero-order valence-corrected chi connectivity index (χ0v) is 16.6. The van der Waals surface area contributed by atoms with Gasteiger partial charge in [-0.3, -0.25) is 4.79 Å². The molecule has 1 aromatic rings. The van der Waals surface area contributed by atoms with Gasteiger partial charge in [-0.2, -0.15) is 0 Å². The maximum Gasteiger partial charge on any atom is 0.240 e. The van der Waals surface area contributed by atoms with Crippen molar-refractivity contribution in [3.8, 4) is 0 Å². The van der Waals surface area contributed by atoms with Crippen LogP contribution in [0.2, 0.25) is 0 Å². The molecule has 1 saturated heterocycles. The third kappa shape index (κ3) is 5.67. The number of hydrogen-bond acceptors (Lipinski definition) is 4. The average molecular weight is 402 g/mol. The second-order valence-electron chi connectivity index (χ2n) is 6.88. The minimum atomic E-state index is -3.56. The van der Waals surface area contributed by atoms with Crippen LogP contribution in [-0.4, -0.2) is 40.0 Å². The largest absolute Gasteiger partial charge is 0.354 e. The van der Waals surface area contributed by atoms with Gasteiger partial charge in [0.05, 0.1) is 4.90 Å². The zero-order valence-electron chi connectivity index (χ0n) is 14.9. The highest BCUT2D eigenvalue weighted by atomic mass is 35.5. The molecule has 6 nitrogen and oxygen atoms in total. The van der Waals surface area contributed by atoms with Crippen molar-refractivity contribution in [3.05, 3.63) is 29.3 Å². The van der Waals surface area contributed by atoms with Gasteiger partial charge in [0, 0.05) is 25.6 Å². The number of aryl methyl sites for hydroxylation is 2. The molecule has 0 spiro atoms. The number of carbonyl (C=O) groups excluding carboxylic acids is 1. The molecule has 1 aromatic carbocycles. The van der Waals surface area contributed by atoms with Crippen molar-refractivity contribution in [2.75, 3.05) is 19.6 Å². The van der Waals surface area contributed by atoms with Crippen molar-refractivity contribution in [1.29, 1.82) is 0 Å². The molecular weight excluding hydrogens is 374 g/mol. The number of sulfonamides is 1. The van der Waals surface area contributed by atoms with Crippen molar-refractivity contribution in [3.63, 3.8) is 0 Å². The number of hydrogen-bond donors (Lipinski definition) is 3. The number of carbonyl (C=O) groups is 1. The van der Waals surface area contributed by atoms with Gasteiger partial charge in [0.15, 0.2) is 0 Å². The van der Waals surface area contributed by atoms with Crippen LogP contribution in [0, 0.1) is 0 Å². The fourth-order valence-corrected chi connectivity index (χ4v) is 4.60. The van der Waals surface area contributed by atoms with Crippen LogP contribution in [0.25, 0.3) is 0 Å². The molecule has 0 bridgehead atoms. The summed E-state index contributed by atoms with van der Waals surface area (Å²) in [4.78, 5) is 12.1. The van der Waals surface area contributed by atoms with E-state index in [-0.39, 0.29) is 31.3 Å². The van der Waals surface area contributed by atoms with Gasteiger partial charge in [-0.05, 0) is 68.3 Å². The summed E-state index contributed by atoms with van der Waals surface area (Å²) in [6.45, 7) is 1.72. The molecule has 1 fully saturated rings. The van der Waals surface area contributed by atoms with Crippen LogP contribution < -0.4 is 15.4 Å². The Labute approximate surface area is 162 Å². The molecule has 2 aliphatic rings. The van der Waals surface area contributed by atoms with Gasteiger partial charge < -0.3 is 10.6 Å². The summed E-state index contributed by atoms with van der Waals surface area (Å²) in [5.41, 5.74) is 2.39. The molecule has 1 unspecified atom stereocenters. The van der Waals surface area contributed by atoms with Gasteiger partial charge in [-0.25, -0.2) is 13.1 Å². The van der Waals surface area contributed by atoms with Crippen LogP contribution >= 0.6 is 12.4 Å². The highest BCUT2D eigenvalue weighted by Crippen LogP contribution is 2.23. The Morgan fingerprint density at radius 1 is 1.15 bits per heavy atom. The Hall–Kier alpha value is -1.15. The highest BCUT2D eigenvalue weighted by Gasteiger charge is 2.18. The van der Waals surface area contributed by atoms with E-state index in [2.05, 4.69) is 15.4 Å². The van der Waals surface area contributed by atoms with Crippen molar-refractivity contribution in [1.82, 2.24) is 15.4 Å². The molecule has 146 valence electrons. The molecule has 1 atom stereocenters. The molecule has 8 heteroatoms. The van der Waals surface area contributed by atoms with E-state index < -0.39 is 10.0 Å². The SMILES string of the molecule is Cl.O=C(CCNS(=O)(=O)c1ccc2c(c1)CCCC2)NCC1CCCN1. The van der Waals surface area contributed by atoms with Crippen molar-refractivity contribution >= 4 is 28.3 Å². The van der Waals surface area contributed by atoms with Crippen LogP contribution in [0.1, 0.15) is 43.2 Å². The maximum absolute atomic E-state index is 12.4. The van der Waals surface area contributed by atoms with Crippen molar-refractivity contribution in [2.45, 2.75) is 55.9 Å². The van der Waals surface area contributed by atoms with Crippen molar-refractivity contribution in [2.24, 2.45) is 0 Å². The predicted molar refractivity (Wildman–Crippen MR) is 104 cm³/mol. The maximum atomic E-state index is 12.4. The van der Waals surface area contributed by atoms with Gasteiger partial charge in [0.2, 0.25) is 15.9 Å². The summed E-state index contributed by atoms with van der Waals surface area (Å²) < 4.78 is 27.4. The molecule has 3 rings (SSSR count). The topological polar surface area (TPSA) is 87.3 Å². The Morgan fingerprint density at radius 3 is 2.65 bits per heavy atom. The molecule has 1 aliphatic heterocycles. The van der Waals surface area contributed by atoms with E-state index in [9.17, 15) is 13.2 Å². The fourth-order valence-electron chi connectivity index (χ4n) is 3.52. The lowest BCUT2D eigenvalue weighted by atomic mass is 9.92. The monoisotopic (exact) mass is 401 g/mol. The summed E-state index contributed by atoms with van der Waals surface area (Å²) >= 11 is 0. The first-order chi connectivity index (χ1) is 12.0. The summed E-state index contributed by atoms with van der Waals surface area (Å²) in [5.74, 6) is -0.123. The number of amides is 1. The lowest BCUT2D eigenvalue weighted by Gasteiger charge is -2.17. The van der Waals surface area contributed by atoms with Crippen LogP contribution in [0.15, 0.2) is 23.1 Å². The van der Waals surface area contributed by atoms with E-state index in [1.165, 1.54) is 12.0 Å². The standard InChI is InChI=1S/C18H27N3O3S.ClH/c22-18(20-13-16-6-3-10-19-16)9-11-21-25(23,24)17-8-7-14-4-1-2-5-15(14)12-17;/h7-8,12,16,19,21H,1-6,9-11,13H2,(H,20,22);1H. The third-order valence-corrected chi connectivity index (χ3v) is 6.44. The Kier molecular flexibility index (Phi) is 7.88. The molecule has 1 amide bonds. The quantitative estimate of drug-likeness (QED) is 0.646. The molecule has 26 heavy (non-hydrogen) atoms. The van der Waals surface area contributed by atoms with E-state index in [1.54, 1.807) is 12.1 Å². The first-order valence-electron chi connectivity index (χ1n) is 9.16. The van der Waals surface area contributed by atoms with Crippen LogP contribution in [0.4, 0.5) is 0 Å². The first-order valence-corrected chi connectivity index (χ1v) is 10.6. The second kappa shape index (κ2) is 9.69.